The van der Waals surface area contributed by atoms with Gasteiger partial charge in [0.25, 0.3) is 5.91 Å². The summed E-state index contributed by atoms with van der Waals surface area (Å²) in [6.07, 6.45) is 1.37. The van der Waals surface area contributed by atoms with Crippen LogP contribution in [0.25, 0.3) is 20.8 Å². The largest absolute Gasteiger partial charge is 0.313 e. The number of anilines is 2. The molecular weight excluding hydrogens is 540 g/mol. The van der Waals surface area contributed by atoms with Crippen LogP contribution in [0.4, 0.5) is 10.7 Å². The fraction of sp³-hybridized carbons (Fsp3) is 0.286. The average Bonchev–Trinajstić information content (AvgIpc) is 3.57. The number of hydrogen-bond acceptors (Lipinski definition) is 7. The number of para-hydroxylation sites is 1. The number of thiophene rings is 1. The first-order valence-electron chi connectivity index (χ1n) is 12.4. The Morgan fingerprint density at radius 2 is 1.68 bits per heavy atom. The highest BCUT2D eigenvalue weighted by molar-refractivity contribution is 7.23. The van der Waals surface area contributed by atoms with Crippen LogP contribution in [0.1, 0.15) is 47.5 Å². The Hall–Kier alpha value is -3.11. The number of thiazole rings is 1. The number of hydrogen-bond donors (Lipinski definition) is 1. The van der Waals surface area contributed by atoms with Gasteiger partial charge in [0.15, 0.2) is 0 Å². The van der Waals surface area contributed by atoms with Gasteiger partial charge in [-0.3, -0.25) is 24.2 Å². The number of nitrogens with zero attached hydrogens (tertiary/aromatic N) is 3. The van der Waals surface area contributed by atoms with Gasteiger partial charge < -0.3 is 5.32 Å². The molecule has 0 aliphatic carbocycles. The minimum atomic E-state index is -0.229. The zero-order valence-corrected chi connectivity index (χ0v) is 23.5. The second-order valence-electron chi connectivity index (χ2n) is 9.63. The minimum Gasteiger partial charge on any atom is -0.313 e. The molecule has 10 heteroatoms. The lowest BCUT2D eigenvalue weighted by atomic mass is 10.0. The van der Waals surface area contributed by atoms with Crippen LogP contribution in [0.15, 0.2) is 48.5 Å². The molecular formula is C28H27ClN4O3S2. The van der Waals surface area contributed by atoms with Crippen LogP contribution in [0.3, 0.4) is 0 Å². The fourth-order valence-electron chi connectivity index (χ4n) is 4.96. The smallest absolute Gasteiger partial charge is 0.256 e. The molecule has 7 nitrogen and oxygen atoms in total. The second-order valence-corrected chi connectivity index (χ2v) is 11.8. The van der Waals surface area contributed by atoms with Gasteiger partial charge in [-0.2, -0.15) is 0 Å². The van der Waals surface area contributed by atoms with Crippen molar-refractivity contribution in [3.05, 3.63) is 64.5 Å². The lowest BCUT2D eigenvalue weighted by Crippen LogP contribution is -2.35. The molecule has 4 heterocycles. The third kappa shape index (κ3) is 4.75. The zero-order valence-electron chi connectivity index (χ0n) is 21.0. The normalized spacial score (nSPS) is 15.7. The number of rotatable bonds is 5. The van der Waals surface area contributed by atoms with Crippen molar-refractivity contribution in [3.63, 3.8) is 0 Å². The van der Waals surface area contributed by atoms with Crippen LogP contribution in [0.2, 0.25) is 0 Å². The summed E-state index contributed by atoms with van der Waals surface area (Å²) in [5.74, 6) is -0.642. The van der Waals surface area contributed by atoms with Crippen molar-refractivity contribution in [2.75, 3.05) is 16.8 Å². The molecule has 1 N–H and O–H groups in total. The summed E-state index contributed by atoms with van der Waals surface area (Å²) in [7, 11) is 0. The Morgan fingerprint density at radius 3 is 2.37 bits per heavy atom. The van der Waals surface area contributed by atoms with Gasteiger partial charge in [0, 0.05) is 48.0 Å². The van der Waals surface area contributed by atoms with Gasteiger partial charge in [0.2, 0.25) is 11.8 Å². The van der Waals surface area contributed by atoms with E-state index in [0.29, 0.717) is 17.3 Å². The number of halogens is 1. The van der Waals surface area contributed by atoms with Crippen molar-refractivity contribution in [3.8, 4) is 10.6 Å². The molecule has 196 valence electrons. The Labute approximate surface area is 234 Å². The first-order chi connectivity index (χ1) is 17.9. The van der Waals surface area contributed by atoms with E-state index in [4.69, 9.17) is 4.98 Å². The van der Waals surface area contributed by atoms with Gasteiger partial charge in [-0.15, -0.1) is 35.1 Å². The molecule has 2 aromatic heterocycles. The van der Waals surface area contributed by atoms with E-state index in [2.05, 4.69) is 30.1 Å². The van der Waals surface area contributed by atoms with E-state index in [1.807, 2.05) is 18.2 Å². The van der Waals surface area contributed by atoms with Crippen LogP contribution < -0.4 is 10.2 Å². The topological polar surface area (TPSA) is 82.6 Å². The molecule has 6 rings (SSSR count). The molecule has 3 amide bonds. The van der Waals surface area contributed by atoms with E-state index >= 15 is 0 Å². The van der Waals surface area contributed by atoms with Gasteiger partial charge in [0.1, 0.15) is 10.0 Å². The molecule has 0 unspecified atom stereocenters. The van der Waals surface area contributed by atoms with Gasteiger partial charge >= 0.3 is 0 Å². The van der Waals surface area contributed by atoms with Crippen LogP contribution in [-0.2, 0) is 22.6 Å². The molecule has 0 spiro atoms. The van der Waals surface area contributed by atoms with E-state index in [-0.39, 0.29) is 43.0 Å². The number of aromatic nitrogens is 1. The van der Waals surface area contributed by atoms with Gasteiger partial charge in [0.05, 0.1) is 15.9 Å². The lowest BCUT2D eigenvalue weighted by molar-refractivity contribution is -0.121. The van der Waals surface area contributed by atoms with Gasteiger partial charge in [-0.05, 0) is 62.2 Å². The number of fused-ring (bicyclic) bond motifs is 2. The molecule has 0 radical (unpaired) electrons. The maximum Gasteiger partial charge on any atom is 0.256 e. The van der Waals surface area contributed by atoms with E-state index in [0.717, 1.165) is 45.3 Å². The quantitative estimate of drug-likeness (QED) is 0.294. The van der Waals surface area contributed by atoms with E-state index in [1.165, 1.54) is 15.3 Å². The number of amides is 3. The molecule has 38 heavy (non-hydrogen) atoms. The minimum absolute atomic E-state index is 0. The standard InChI is InChI=1S/C28H26N4O3S2.ClH/c1-16(2)31-14-13-19-22(15-31)37-28(25(19)27-29-20-5-3-4-6-21(20)36-27)30-26(35)17-7-9-18(10-8-17)32-23(33)11-12-24(32)34;/h3-10,16H,11-15H2,1-2H3,(H,30,35);1H. The highest BCUT2D eigenvalue weighted by Gasteiger charge is 2.31. The third-order valence-electron chi connectivity index (χ3n) is 6.99. The summed E-state index contributed by atoms with van der Waals surface area (Å²) in [5, 5.41) is 4.90. The fourth-order valence-corrected chi connectivity index (χ4v) is 7.34. The van der Waals surface area contributed by atoms with Crippen LogP contribution in [0.5, 0.6) is 0 Å². The number of carbonyl (C=O) groups is 3. The molecule has 4 aromatic rings. The molecule has 1 saturated heterocycles. The molecule has 0 saturated carbocycles. The Morgan fingerprint density at radius 1 is 0.974 bits per heavy atom. The number of imide groups is 1. The lowest BCUT2D eigenvalue weighted by Gasteiger charge is -2.30. The summed E-state index contributed by atoms with van der Waals surface area (Å²) in [4.78, 5) is 47.3. The van der Waals surface area contributed by atoms with Crippen molar-refractivity contribution in [2.45, 2.75) is 45.7 Å². The van der Waals surface area contributed by atoms with Crippen molar-refractivity contribution in [2.24, 2.45) is 0 Å². The molecule has 2 aliphatic rings. The van der Waals surface area contributed by atoms with Crippen molar-refractivity contribution >= 4 is 73.7 Å². The predicted octanol–water partition coefficient (Wildman–Crippen LogP) is 6.12. The van der Waals surface area contributed by atoms with E-state index in [9.17, 15) is 14.4 Å². The zero-order chi connectivity index (χ0) is 25.7. The van der Waals surface area contributed by atoms with Crippen LogP contribution >= 0.6 is 35.1 Å². The monoisotopic (exact) mass is 566 g/mol. The van der Waals surface area contributed by atoms with Gasteiger partial charge in [-0.25, -0.2) is 4.98 Å². The molecule has 0 bridgehead atoms. The van der Waals surface area contributed by atoms with Crippen molar-refractivity contribution in [1.82, 2.24) is 9.88 Å². The van der Waals surface area contributed by atoms with Gasteiger partial charge in [-0.1, -0.05) is 12.1 Å². The number of benzene rings is 2. The Balaban J connectivity index is 0.00000294. The predicted molar refractivity (Wildman–Crippen MR) is 156 cm³/mol. The van der Waals surface area contributed by atoms with E-state index < -0.39 is 0 Å². The summed E-state index contributed by atoms with van der Waals surface area (Å²) in [6, 6.07) is 15.2. The Bertz CT molecular complexity index is 1490. The maximum atomic E-state index is 13.3. The SMILES string of the molecule is CC(C)N1CCc2c(sc(NC(=O)c3ccc(N4C(=O)CCC4=O)cc3)c2-c2nc3ccccc3s2)C1.Cl. The first kappa shape index (κ1) is 26.5. The van der Waals surface area contributed by atoms with Crippen LogP contribution in [0, 0.1) is 0 Å². The van der Waals surface area contributed by atoms with Crippen molar-refractivity contribution < 1.29 is 14.4 Å². The molecule has 2 aromatic carbocycles. The summed E-state index contributed by atoms with van der Waals surface area (Å²) in [6.45, 7) is 6.26. The second kappa shape index (κ2) is 10.6. The highest BCUT2D eigenvalue weighted by atomic mass is 35.5. The number of nitrogens with one attached hydrogen (secondary N) is 1. The Kier molecular flexibility index (Phi) is 7.37. The third-order valence-corrected chi connectivity index (χ3v) is 9.18. The molecule has 0 atom stereocenters. The average molecular weight is 567 g/mol. The van der Waals surface area contributed by atoms with Crippen molar-refractivity contribution in [1.29, 1.82) is 0 Å². The summed E-state index contributed by atoms with van der Waals surface area (Å²) < 4.78 is 1.12. The number of carbonyl (C=O) groups excluding carboxylic acids is 3. The first-order valence-corrected chi connectivity index (χ1v) is 14.0. The summed E-state index contributed by atoms with van der Waals surface area (Å²) >= 11 is 3.28. The maximum absolute atomic E-state index is 13.3. The summed E-state index contributed by atoms with van der Waals surface area (Å²) in [5.41, 5.74) is 4.23. The van der Waals surface area contributed by atoms with Crippen LogP contribution in [-0.4, -0.2) is 40.2 Å². The molecule has 2 aliphatic heterocycles. The van der Waals surface area contributed by atoms with E-state index in [1.54, 1.807) is 46.9 Å². The molecule has 1 fully saturated rings. The highest BCUT2D eigenvalue weighted by Crippen LogP contribution is 2.46.